The Bertz CT molecular complexity index is 717. The number of aliphatic hydroxyl groups is 3. The Morgan fingerprint density at radius 1 is 1.06 bits per heavy atom. The van der Waals surface area contributed by atoms with Crippen molar-refractivity contribution in [3.05, 3.63) is 0 Å². The summed E-state index contributed by atoms with van der Waals surface area (Å²) in [4.78, 5) is 11.7. The lowest BCUT2D eigenvalue weighted by molar-refractivity contribution is -0.203. The van der Waals surface area contributed by atoms with Gasteiger partial charge in [0.15, 0.2) is 0 Å². The largest absolute Gasteiger partial charge is 0.450 e. The maximum absolute atomic E-state index is 11.8. The number of hydrogen-bond donors (Lipinski definition) is 4. The second-order valence-corrected chi connectivity index (χ2v) is 12.7. The SMILES string of the molecule is CC[C@H]1[C@@H](O)[C@@H]2[C@H](CC[C@]3(C)C([C@H](C)CCOC(=O)NCCO)CC[C@@H]23)[C@@]2(C)CC[C@@H](O)C[C@@H]12. The fourth-order valence-corrected chi connectivity index (χ4v) is 9.68. The number of alkyl carbamates (subject to hydrolysis) is 1. The van der Waals surface area contributed by atoms with Crippen LogP contribution in [0.2, 0.25) is 0 Å². The summed E-state index contributed by atoms with van der Waals surface area (Å²) in [5, 5.41) is 33.6. The molecule has 0 aromatic heterocycles. The molecule has 34 heavy (non-hydrogen) atoms. The van der Waals surface area contributed by atoms with Crippen molar-refractivity contribution >= 4 is 6.09 Å². The molecular weight excluding hydrogens is 430 g/mol. The third-order valence-electron chi connectivity index (χ3n) is 11.3. The van der Waals surface area contributed by atoms with Gasteiger partial charge in [-0.3, -0.25) is 0 Å². The van der Waals surface area contributed by atoms with E-state index in [2.05, 4.69) is 33.0 Å². The van der Waals surface area contributed by atoms with E-state index in [-0.39, 0.29) is 36.2 Å². The lowest BCUT2D eigenvalue weighted by Gasteiger charge is -2.64. The second-order valence-electron chi connectivity index (χ2n) is 12.7. The highest BCUT2D eigenvalue weighted by molar-refractivity contribution is 5.66. The van der Waals surface area contributed by atoms with Crippen LogP contribution in [0.3, 0.4) is 0 Å². The topological polar surface area (TPSA) is 99.0 Å². The number of amides is 1. The zero-order valence-corrected chi connectivity index (χ0v) is 21.8. The molecule has 4 fully saturated rings. The third kappa shape index (κ3) is 4.41. The highest BCUT2D eigenvalue weighted by atomic mass is 16.5. The molecule has 11 atom stereocenters. The van der Waals surface area contributed by atoms with E-state index >= 15 is 0 Å². The number of aliphatic hydroxyl groups excluding tert-OH is 3. The smallest absolute Gasteiger partial charge is 0.407 e. The molecule has 0 saturated heterocycles. The molecule has 196 valence electrons. The summed E-state index contributed by atoms with van der Waals surface area (Å²) in [5.74, 6) is 3.28. The molecule has 0 aromatic rings. The minimum absolute atomic E-state index is 0.0827. The molecule has 0 radical (unpaired) electrons. The predicted octanol–water partition coefficient (Wildman–Crippen LogP) is 4.36. The van der Waals surface area contributed by atoms with E-state index in [1.807, 2.05) is 0 Å². The van der Waals surface area contributed by atoms with Gasteiger partial charge < -0.3 is 25.4 Å². The molecule has 4 N–H and O–H groups in total. The molecule has 0 bridgehead atoms. The van der Waals surface area contributed by atoms with Gasteiger partial charge in [-0.05, 0) is 104 Å². The molecule has 6 heteroatoms. The summed E-state index contributed by atoms with van der Waals surface area (Å²) in [6.07, 6.45) is 8.63. The Morgan fingerprint density at radius 2 is 1.76 bits per heavy atom. The van der Waals surface area contributed by atoms with Gasteiger partial charge in [0.1, 0.15) is 0 Å². The molecule has 4 saturated carbocycles. The Morgan fingerprint density at radius 3 is 2.47 bits per heavy atom. The minimum atomic E-state index is -0.450. The molecular formula is C28H49NO5. The van der Waals surface area contributed by atoms with Crippen LogP contribution in [-0.2, 0) is 4.74 Å². The molecule has 0 aliphatic heterocycles. The van der Waals surface area contributed by atoms with Gasteiger partial charge in [-0.2, -0.15) is 0 Å². The van der Waals surface area contributed by atoms with Crippen molar-refractivity contribution in [1.82, 2.24) is 5.32 Å². The van der Waals surface area contributed by atoms with Crippen molar-refractivity contribution in [2.75, 3.05) is 19.8 Å². The van der Waals surface area contributed by atoms with Gasteiger partial charge in [-0.15, -0.1) is 0 Å². The molecule has 4 aliphatic carbocycles. The molecule has 6 nitrogen and oxygen atoms in total. The molecule has 4 rings (SSSR count). The summed E-state index contributed by atoms with van der Waals surface area (Å²) in [6.45, 7) is 10.1. The summed E-state index contributed by atoms with van der Waals surface area (Å²) in [6, 6.07) is 0. The lowest BCUT2D eigenvalue weighted by Crippen LogP contribution is -2.62. The first kappa shape index (κ1) is 26.2. The minimum Gasteiger partial charge on any atom is -0.450 e. The van der Waals surface area contributed by atoms with Crippen LogP contribution in [0.4, 0.5) is 4.79 Å². The van der Waals surface area contributed by atoms with Crippen LogP contribution in [0.5, 0.6) is 0 Å². The van der Waals surface area contributed by atoms with E-state index in [1.54, 1.807) is 0 Å². The Balaban J connectivity index is 1.47. The molecule has 0 spiro atoms. The number of carbonyl (C=O) groups excluding carboxylic acids is 1. The average molecular weight is 480 g/mol. The number of fused-ring (bicyclic) bond motifs is 5. The van der Waals surface area contributed by atoms with Gasteiger partial charge in [-0.25, -0.2) is 4.79 Å². The van der Waals surface area contributed by atoms with Crippen LogP contribution in [0.1, 0.15) is 85.5 Å². The summed E-state index contributed by atoms with van der Waals surface area (Å²) in [5.41, 5.74) is 0.473. The van der Waals surface area contributed by atoms with E-state index in [0.29, 0.717) is 48.0 Å². The average Bonchev–Trinajstić information content (AvgIpc) is 3.16. The van der Waals surface area contributed by atoms with Crippen molar-refractivity contribution in [2.45, 2.75) is 97.7 Å². The zero-order chi connectivity index (χ0) is 24.7. The van der Waals surface area contributed by atoms with Gasteiger partial charge in [0.25, 0.3) is 0 Å². The fraction of sp³-hybridized carbons (Fsp3) is 0.964. The number of hydrogen-bond acceptors (Lipinski definition) is 5. The highest BCUT2D eigenvalue weighted by Gasteiger charge is 2.64. The molecule has 1 amide bonds. The zero-order valence-electron chi connectivity index (χ0n) is 21.8. The first-order valence-electron chi connectivity index (χ1n) is 14.0. The van der Waals surface area contributed by atoms with Gasteiger partial charge in [0, 0.05) is 6.54 Å². The molecule has 4 aliphatic rings. The summed E-state index contributed by atoms with van der Waals surface area (Å²) in [7, 11) is 0. The number of carbonyl (C=O) groups is 1. The van der Waals surface area contributed by atoms with E-state index in [1.165, 1.54) is 25.7 Å². The van der Waals surface area contributed by atoms with Crippen molar-refractivity contribution in [2.24, 2.45) is 52.3 Å². The van der Waals surface area contributed by atoms with Crippen LogP contribution >= 0.6 is 0 Å². The van der Waals surface area contributed by atoms with Crippen molar-refractivity contribution in [1.29, 1.82) is 0 Å². The maximum Gasteiger partial charge on any atom is 0.407 e. The summed E-state index contributed by atoms with van der Waals surface area (Å²) >= 11 is 0. The fourth-order valence-electron chi connectivity index (χ4n) is 9.68. The highest BCUT2D eigenvalue weighted by Crippen LogP contribution is 2.69. The quantitative estimate of drug-likeness (QED) is 0.435. The number of rotatable bonds is 7. The van der Waals surface area contributed by atoms with Crippen LogP contribution in [0.25, 0.3) is 0 Å². The van der Waals surface area contributed by atoms with Crippen molar-refractivity contribution < 1.29 is 24.9 Å². The molecule has 1 unspecified atom stereocenters. The maximum atomic E-state index is 11.8. The third-order valence-corrected chi connectivity index (χ3v) is 11.3. The van der Waals surface area contributed by atoms with Crippen LogP contribution in [-0.4, -0.2) is 53.4 Å². The van der Waals surface area contributed by atoms with Gasteiger partial charge in [0.05, 0.1) is 25.4 Å². The van der Waals surface area contributed by atoms with Crippen LogP contribution in [0, 0.1) is 52.3 Å². The number of ether oxygens (including phenoxy) is 1. The second kappa shape index (κ2) is 10.3. The van der Waals surface area contributed by atoms with E-state index in [4.69, 9.17) is 9.84 Å². The normalized spacial score (nSPS) is 46.7. The lowest BCUT2D eigenvalue weighted by atomic mass is 9.41. The first-order valence-corrected chi connectivity index (χ1v) is 14.0. The first-order chi connectivity index (χ1) is 16.2. The predicted molar refractivity (Wildman–Crippen MR) is 132 cm³/mol. The molecule has 0 aromatic carbocycles. The standard InChI is InChI=1S/C28H49NO5/c1-5-19-23-16-18(31)8-11-28(23,4)22-9-12-27(3)20(6-7-21(27)24(22)25(19)32)17(2)10-15-34-26(33)29-13-14-30/h17-25,30-32H,5-16H2,1-4H3,(H,29,33)/t17-,18-,19-,20?,21+,22+,23+,24+,25-,27-,28-/m1/s1. The Kier molecular flexibility index (Phi) is 7.91. The number of nitrogens with one attached hydrogen (secondary N) is 1. The Labute approximate surface area is 206 Å². The molecule has 0 heterocycles. The van der Waals surface area contributed by atoms with Crippen molar-refractivity contribution in [3.8, 4) is 0 Å². The van der Waals surface area contributed by atoms with Crippen LogP contribution < -0.4 is 5.32 Å². The Hall–Kier alpha value is -0.850. The van der Waals surface area contributed by atoms with Gasteiger partial charge in [-0.1, -0.05) is 34.1 Å². The van der Waals surface area contributed by atoms with Gasteiger partial charge in [0.2, 0.25) is 0 Å². The van der Waals surface area contributed by atoms with Gasteiger partial charge >= 0.3 is 6.09 Å². The van der Waals surface area contributed by atoms with Crippen molar-refractivity contribution in [3.63, 3.8) is 0 Å². The van der Waals surface area contributed by atoms with E-state index < -0.39 is 6.09 Å². The van der Waals surface area contributed by atoms with Crippen LogP contribution in [0.15, 0.2) is 0 Å². The monoisotopic (exact) mass is 479 g/mol. The van der Waals surface area contributed by atoms with E-state index in [0.717, 1.165) is 32.1 Å². The van der Waals surface area contributed by atoms with E-state index in [9.17, 15) is 15.0 Å². The summed E-state index contributed by atoms with van der Waals surface area (Å²) < 4.78 is 5.33.